The quantitative estimate of drug-likeness (QED) is 0.785. The Labute approximate surface area is 121 Å². The summed E-state index contributed by atoms with van der Waals surface area (Å²) in [4.78, 5) is 2.20. The van der Waals surface area contributed by atoms with E-state index in [2.05, 4.69) is 17.3 Å². The van der Waals surface area contributed by atoms with Crippen molar-refractivity contribution >= 4 is 0 Å². The molecule has 0 aromatic heterocycles. The van der Waals surface area contributed by atoms with E-state index in [0.29, 0.717) is 6.54 Å². The van der Waals surface area contributed by atoms with Gasteiger partial charge in [-0.15, -0.1) is 0 Å². The molecule has 0 atom stereocenters. The Balaban J connectivity index is 1.40. The van der Waals surface area contributed by atoms with Gasteiger partial charge >= 0.3 is 0 Å². The van der Waals surface area contributed by atoms with Crippen LogP contribution >= 0.6 is 0 Å². The Bertz CT molecular complexity index is 428. The molecular weight excluding hydrogens is 251 g/mol. The molecule has 2 saturated carbocycles. The summed E-state index contributed by atoms with van der Waals surface area (Å²) in [7, 11) is 2.07. The Morgan fingerprint density at radius 3 is 2.45 bits per heavy atom. The highest BCUT2D eigenvalue weighted by atomic mass is 19.1. The third-order valence-corrected chi connectivity index (χ3v) is 4.53. The normalized spacial score (nSPS) is 19.0. The first-order valence-corrected chi connectivity index (χ1v) is 7.89. The van der Waals surface area contributed by atoms with E-state index < -0.39 is 0 Å². The van der Waals surface area contributed by atoms with Gasteiger partial charge in [0.05, 0.1) is 0 Å². The lowest BCUT2D eigenvalue weighted by atomic mass is 10.1. The van der Waals surface area contributed by atoms with Gasteiger partial charge in [-0.05, 0) is 50.6 Å². The lowest BCUT2D eigenvalue weighted by Crippen LogP contribution is -2.38. The van der Waals surface area contributed by atoms with Crippen LogP contribution in [0.4, 0.5) is 4.39 Å². The van der Waals surface area contributed by atoms with Crippen LogP contribution in [-0.2, 0) is 6.54 Å². The summed E-state index contributed by atoms with van der Waals surface area (Å²) in [6, 6.07) is 7.82. The molecule has 0 saturated heterocycles. The minimum Gasteiger partial charge on any atom is -0.312 e. The van der Waals surface area contributed by atoms with E-state index in [9.17, 15) is 4.39 Å². The molecule has 0 heterocycles. The molecule has 110 valence electrons. The van der Waals surface area contributed by atoms with Gasteiger partial charge in [-0.25, -0.2) is 4.39 Å². The lowest BCUT2D eigenvalue weighted by molar-refractivity contribution is 0.301. The van der Waals surface area contributed by atoms with E-state index in [1.807, 2.05) is 12.1 Å². The Hall–Kier alpha value is -0.930. The highest BCUT2D eigenvalue weighted by Crippen LogP contribution is 2.44. The SMILES string of the molecule is CN(CCNC(C1CC1)C1CC1)Cc1ccccc1F. The van der Waals surface area contributed by atoms with Gasteiger partial charge in [0, 0.05) is 31.2 Å². The van der Waals surface area contributed by atoms with E-state index in [0.717, 1.165) is 36.5 Å². The third kappa shape index (κ3) is 3.80. The molecule has 2 fully saturated rings. The summed E-state index contributed by atoms with van der Waals surface area (Å²) in [5, 5.41) is 3.74. The molecule has 1 aromatic carbocycles. The molecule has 0 unspecified atom stereocenters. The number of hydrogen-bond donors (Lipinski definition) is 1. The summed E-state index contributed by atoms with van der Waals surface area (Å²) in [5.41, 5.74) is 0.788. The molecule has 0 aliphatic heterocycles. The van der Waals surface area contributed by atoms with E-state index in [4.69, 9.17) is 0 Å². The maximum absolute atomic E-state index is 13.6. The number of hydrogen-bond acceptors (Lipinski definition) is 2. The van der Waals surface area contributed by atoms with Gasteiger partial charge in [0.1, 0.15) is 5.82 Å². The molecule has 2 aliphatic rings. The molecule has 1 aromatic rings. The smallest absolute Gasteiger partial charge is 0.127 e. The predicted octanol–water partition coefficient (Wildman–Crippen LogP) is 3.04. The van der Waals surface area contributed by atoms with Crippen LogP contribution in [0.15, 0.2) is 24.3 Å². The fourth-order valence-corrected chi connectivity index (χ4v) is 3.05. The van der Waals surface area contributed by atoms with Crippen molar-refractivity contribution in [1.82, 2.24) is 10.2 Å². The fourth-order valence-electron chi connectivity index (χ4n) is 3.05. The standard InChI is InChI=1S/C17H25FN2/c1-20(12-15-4-2-3-5-16(15)18)11-10-19-17(13-6-7-13)14-8-9-14/h2-5,13-14,17,19H,6-12H2,1H3. The monoisotopic (exact) mass is 276 g/mol. The molecule has 1 N–H and O–H groups in total. The molecular formula is C17H25FN2. The largest absolute Gasteiger partial charge is 0.312 e. The first kappa shape index (κ1) is 14.0. The number of likely N-dealkylation sites (N-methyl/N-ethyl adjacent to an activating group) is 1. The van der Waals surface area contributed by atoms with Crippen molar-refractivity contribution in [1.29, 1.82) is 0 Å². The van der Waals surface area contributed by atoms with Crippen molar-refractivity contribution in [2.75, 3.05) is 20.1 Å². The molecule has 3 heteroatoms. The van der Waals surface area contributed by atoms with Gasteiger partial charge in [-0.2, -0.15) is 0 Å². The Morgan fingerprint density at radius 1 is 1.20 bits per heavy atom. The van der Waals surface area contributed by atoms with Crippen molar-refractivity contribution in [2.24, 2.45) is 11.8 Å². The zero-order valence-corrected chi connectivity index (χ0v) is 12.3. The third-order valence-electron chi connectivity index (χ3n) is 4.53. The molecule has 3 rings (SSSR count). The number of rotatable bonds is 8. The summed E-state index contributed by atoms with van der Waals surface area (Å²) in [6.07, 6.45) is 5.66. The minimum absolute atomic E-state index is 0.0962. The second kappa shape index (κ2) is 6.23. The van der Waals surface area contributed by atoms with Crippen molar-refractivity contribution in [3.63, 3.8) is 0 Å². The first-order valence-electron chi connectivity index (χ1n) is 7.89. The zero-order chi connectivity index (χ0) is 13.9. The second-order valence-corrected chi connectivity index (χ2v) is 6.48. The van der Waals surface area contributed by atoms with Crippen LogP contribution in [0.5, 0.6) is 0 Å². The van der Waals surface area contributed by atoms with E-state index >= 15 is 0 Å². The van der Waals surface area contributed by atoms with Crippen LogP contribution < -0.4 is 5.32 Å². The molecule has 0 bridgehead atoms. The summed E-state index contributed by atoms with van der Waals surface area (Å²) < 4.78 is 13.6. The summed E-state index contributed by atoms with van der Waals surface area (Å²) in [5.74, 6) is 1.79. The Morgan fingerprint density at radius 2 is 1.85 bits per heavy atom. The van der Waals surface area contributed by atoms with Crippen molar-refractivity contribution in [2.45, 2.75) is 38.3 Å². The van der Waals surface area contributed by atoms with Gasteiger partial charge in [0.25, 0.3) is 0 Å². The molecule has 0 radical (unpaired) electrons. The number of nitrogens with one attached hydrogen (secondary N) is 1. The highest BCUT2D eigenvalue weighted by molar-refractivity contribution is 5.16. The van der Waals surface area contributed by atoms with E-state index in [1.165, 1.54) is 31.7 Å². The average Bonchev–Trinajstić information content (AvgIpc) is 3.30. The van der Waals surface area contributed by atoms with Gasteiger partial charge in [-0.3, -0.25) is 0 Å². The summed E-state index contributed by atoms with van der Waals surface area (Å²) in [6.45, 7) is 2.68. The molecule has 2 aliphatic carbocycles. The molecule has 0 amide bonds. The molecule has 0 spiro atoms. The van der Waals surface area contributed by atoms with E-state index in [1.54, 1.807) is 6.07 Å². The van der Waals surface area contributed by atoms with Crippen molar-refractivity contribution in [3.8, 4) is 0 Å². The first-order chi connectivity index (χ1) is 9.74. The number of nitrogens with zero attached hydrogens (tertiary/aromatic N) is 1. The van der Waals surface area contributed by atoms with Gasteiger partial charge in [0.15, 0.2) is 0 Å². The second-order valence-electron chi connectivity index (χ2n) is 6.48. The summed E-state index contributed by atoms with van der Waals surface area (Å²) >= 11 is 0. The lowest BCUT2D eigenvalue weighted by Gasteiger charge is -2.21. The van der Waals surface area contributed by atoms with E-state index in [-0.39, 0.29) is 5.82 Å². The molecule has 2 nitrogen and oxygen atoms in total. The topological polar surface area (TPSA) is 15.3 Å². The van der Waals surface area contributed by atoms with Crippen LogP contribution in [0, 0.1) is 17.7 Å². The van der Waals surface area contributed by atoms with Gasteiger partial charge in [0.2, 0.25) is 0 Å². The number of halogens is 1. The maximum atomic E-state index is 13.6. The predicted molar refractivity (Wildman–Crippen MR) is 80.0 cm³/mol. The van der Waals surface area contributed by atoms with Crippen LogP contribution in [0.3, 0.4) is 0 Å². The van der Waals surface area contributed by atoms with Crippen LogP contribution in [0.2, 0.25) is 0 Å². The van der Waals surface area contributed by atoms with Crippen molar-refractivity contribution in [3.05, 3.63) is 35.6 Å². The Kier molecular flexibility index (Phi) is 4.37. The van der Waals surface area contributed by atoms with Crippen LogP contribution in [0.1, 0.15) is 31.2 Å². The highest BCUT2D eigenvalue weighted by Gasteiger charge is 2.40. The zero-order valence-electron chi connectivity index (χ0n) is 12.3. The number of benzene rings is 1. The maximum Gasteiger partial charge on any atom is 0.127 e. The fraction of sp³-hybridized carbons (Fsp3) is 0.647. The minimum atomic E-state index is -0.0962. The van der Waals surface area contributed by atoms with Crippen LogP contribution in [-0.4, -0.2) is 31.1 Å². The van der Waals surface area contributed by atoms with Gasteiger partial charge in [-0.1, -0.05) is 18.2 Å². The van der Waals surface area contributed by atoms with Crippen LogP contribution in [0.25, 0.3) is 0 Å². The van der Waals surface area contributed by atoms with Gasteiger partial charge < -0.3 is 10.2 Å². The molecule has 20 heavy (non-hydrogen) atoms. The average molecular weight is 276 g/mol. The van der Waals surface area contributed by atoms with Crippen molar-refractivity contribution < 1.29 is 4.39 Å².